The predicted molar refractivity (Wildman–Crippen MR) is 130 cm³/mol. The molecule has 32 heavy (non-hydrogen) atoms. The van der Waals surface area contributed by atoms with Crippen molar-refractivity contribution < 1.29 is 4.74 Å². The molecule has 0 spiro atoms. The SMILES string of the molecule is CCCCCCOc1ccc(-c2cc(-c3ccc(CC)s3)c(-c3ncn[nH]3)c(=O)[nH]2)cc1. The number of nitrogens with zero attached hydrogens (tertiary/aromatic N) is 2. The van der Waals surface area contributed by atoms with Crippen LogP contribution in [0.2, 0.25) is 0 Å². The van der Waals surface area contributed by atoms with Gasteiger partial charge in [-0.1, -0.05) is 33.1 Å². The molecule has 0 aliphatic heterocycles. The van der Waals surface area contributed by atoms with Crippen molar-refractivity contribution in [1.82, 2.24) is 20.2 Å². The van der Waals surface area contributed by atoms with Crippen LogP contribution in [0.4, 0.5) is 0 Å². The highest BCUT2D eigenvalue weighted by Gasteiger charge is 2.18. The monoisotopic (exact) mass is 448 g/mol. The van der Waals surface area contributed by atoms with Gasteiger partial charge in [-0.2, -0.15) is 5.10 Å². The highest BCUT2D eigenvalue weighted by atomic mass is 32.1. The zero-order valence-corrected chi connectivity index (χ0v) is 19.3. The second kappa shape index (κ2) is 10.4. The topological polar surface area (TPSA) is 83.7 Å². The Morgan fingerprint density at radius 3 is 2.56 bits per heavy atom. The van der Waals surface area contributed by atoms with Crippen molar-refractivity contribution in [2.45, 2.75) is 46.0 Å². The lowest BCUT2D eigenvalue weighted by atomic mass is 10.0. The standard InChI is InChI=1S/C25H28N4O2S/c1-3-5-6-7-14-31-18-10-8-17(9-11-18)21-15-20(22-13-12-19(4-2)32-22)23(25(30)28-21)24-26-16-27-29-24/h8-13,15-16H,3-7,14H2,1-2H3,(H,28,30)(H,26,27,29). The lowest BCUT2D eigenvalue weighted by Gasteiger charge is -2.10. The average molecular weight is 449 g/mol. The van der Waals surface area contributed by atoms with Gasteiger partial charge in [-0.15, -0.1) is 11.3 Å². The number of ether oxygens (including phenoxy) is 1. The van der Waals surface area contributed by atoms with Gasteiger partial charge in [-0.3, -0.25) is 9.89 Å². The van der Waals surface area contributed by atoms with E-state index in [1.807, 2.05) is 30.3 Å². The molecule has 0 atom stereocenters. The molecule has 0 radical (unpaired) electrons. The highest BCUT2D eigenvalue weighted by Crippen LogP contribution is 2.35. The number of hydrogen-bond donors (Lipinski definition) is 2. The molecule has 4 rings (SSSR count). The fourth-order valence-corrected chi connectivity index (χ4v) is 4.60. The summed E-state index contributed by atoms with van der Waals surface area (Å²) in [7, 11) is 0. The van der Waals surface area contributed by atoms with Crippen LogP contribution in [0.5, 0.6) is 5.75 Å². The van der Waals surface area contributed by atoms with Gasteiger partial charge in [0.25, 0.3) is 5.56 Å². The summed E-state index contributed by atoms with van der Waals surface area (Å²) in [5, 5.41) is 6.76. The number of pyridine rings is 1. The first-order chi connectivity index (χ1) is 15.7. The molecule has 7 heteroatoms. The number of rotatable bonds is 10. The van der Waals surface area contributed by atoms with E-state index in [1.165, 1.54) is 30.5 Å². The Morgan fingerprint density at radius 2 is 1.88 bits per heavy atom. The Hall–Kier alpha value is -3.19. The molecule has 3 aromatic heterocycles. The van der Waals surface area contributed by atoms with E-state index in [1.54, 1.807) is 11.3 Å². The Balaban J connectivity index is 1.64. The number of hydrogen-bond acceptors (Lipinski definition) is 5. The number of thiophene rings is 1. The molecule has 0 aliphatic carbocycles. The van der Waals surface area contributed by atoms with E-state index in [-0.39, 0.29) is 5.56 Å². The highest BCUT2D eigenvalue weighted by molar-refractivity contribution is 7.15. The van der Waals surface area contributed by atoms with Crippen molar-refractivity contribution in [3.8, 4) is 38.8 Å². The fraction of sp³-hybridized carbons (Fsp3) is 0.320. The van der Waals surface area contributed by atoms with Gasteiger partial charge in [0.2, 0.25) is 0 Å². The minimum Gasteiger partial charge on any atom is -0.494 e. The molecule has 6 nitrogen and oxygen atoms in total. The van der Waals surface area contributed by atoms with Crippen LogP contribution in [0.15, 0.2) is 53.6 Å². The van der Waals surface area contributed by atoms with Crippen LogP contribution in [0, 0.1) is 0 Å². The van der Waals surface area contributed by atoms with E-state index in [0.717, 1.165) is 46.9 Å². The number of aromatic amines is 2. The maximum Gasteiger partial charge on any atom is 0.260 e. The summed E-state index contributed by atoms with van der Waals surface area (Å²) in [5.41, 5.74) is 2.84. The van der Waals surface area contributed by atoms with Crippen molar-refractivity contribution in [1.29, 1.82) is 0 Å². The van der Waals surface area contributed by atoms with Crippen molar-refractivity contribution in [3.63, 3.8) is 0 Å². The Morgan fingerprint density at radius 1 is 1.03 bits per heavy atom. The maximum absolute atomic E-state index is 13.1. The minimum atomic E-state index is -0.197. The first-order valence-electron chi connectivity index (χ1n) is 11.1. The third-order valence-corrected chi connectivity index (χ3v) is 6.66. The zero-order valence-electron chi connectivity index (χ0n) is 18.5. The van der Waals surface area contributed by atoms with Crippen molar-refractivity contribution in [3.05, 3.63) is 64.0 Å². The lowest BCUT2D eigenvalue weighted by Crippen LogP contribution is -2.12. The van der Waals surface area contributed by atoms with Crippen molar-refractivity contribution >= 4 is 11.3 Å². The summed E-state index contributed by atoms with van der Waals surface area (Å²) < 4.78 is 5.85. The smallest absolute Gasteiger partial charge is 0.260 e. The zero-order chi connectivity index (χ0) is 22.3. The van der Waals surface area contributed by atoms with Crippen LogP contribution in [0.3, 0.4) is 0 Å². The lowest BCUT2D eigenvalue weighted by molar-refractivity contribution is 0.305. The van der Waals surface area contributed by atoms with Crippen LogP contribution in [-0.4, -0.2) is 26.8 Å². The normalized spacial score (nSPS) is 11.1. The van der Waals surface area contributed by atoms with Gasteiger partial charge in [0.05, 0.1) is 12.2 Å². The van der Waals surface area contributed by atoms with Gasteiger partial charge in [-0.05, 0) is 60.9 Å². The maximum atomic E-state index is 13.1. The molecular formula is C25H28N4O2S. The van der Waals surface area contributed by atoms with Crippen LogP contribution < -0.4 is 10.3 Å². The largest absolute Gasteiger partial charge is 0.494 e. The quantitative estimate of drug-likeness (QED) is 0.288. The van der Waals surface area contributed by atoms with Crippen LogP contribution in [0.25, 0.3) is 33.1 Å². The van der Waals surface area contributed by atoms with Gasteiger partial charge in [0, 0.05) is 21.0 Å². The van der Waals surface area contributed by atoms with Gasteiger partial charge >= 0.3 is 0 Å². The van der Waals surface area contributed by atoms with E-state index in [0.29, 0.717) is 11.4 Å². The third-order valence-electron chi connectivity index (χ3n) is 5.39. The van der Waals surface area contributed by atoms with Gasteiger partial charge < -0.3 is 9.72 Å². The molecule has 0 amide bonds. The number of aromatic nitrogens is 4. The number of nitrogens with one attached hydrogen (secondary N) is 2. The molecule has 0 fully saturated rings. The molecule has 166 valence electrons. The van der Waals surface area contributed by atoms with Gasteiger partial charge in [0.1, 0.15) is 12.1 Å². The molecule has 0 unspecified atom stereocenters. The Labute approximate surface area is 191 Å². The molecular weight excluding hydrogens is 420 g/mol. The summed E-state index contributed by atoms with van der Waals surface area (Å²) in [6.45, 7) is 5.06. The number of aryl methyl sites for hydroxylation is 1. The minimum absolute atomic E-state index is 0.197. The molecule has 4 aromatic rings. The van der Waals surface area contributed by atoms with E-state index in [9.17, 15) is 4.79 Å². The van der Waals surface area contributed by atoms with Crippen LogP contribution in [-0.2, 0) is 6.42 Å². The Kier molecular flexibility index (Phi) is 7.17. The molecule has 0 aliphatic rings. The van der Waals surface area contributed by atoms with E-state index < -0.39 is 0 Å². The van der Waals surface area contributed by atoms with Gasteiger partial charge in [0.15, 0.2) is 5.82 Å². The molecule has 0 saturated heterocycles. The Bertz CT molecular complexity index is 1190. The number of benzene rings is 1. The van der Waals surface area contributed by atoms with Crippen LogP contribution >= 0.6 is 11.3 Å². The molecule has 2 N–H and O–H groups in total. The van der Waals surface area contributed by atoms with Crippen molar-refractivity contribution in [2.24, 2.45) is 0 Å². The van der Waals surface area contributed by atoms with Crippen molar-refractivity contribution in [2.75, 3.05) is 6.61 Å². The predicted octanol–water partition coefficient (Wildman–Crippen LogP) is 6.08. The summed E-state index contributed by atoms with van der Waals surface area (Å²) in [5.74, 6) is 1.31. The summed E-state index contributed by atoms with van der Waals surface area (Å²) in [4.78, 5) is 22.7. The second-order valence-electron chi connectivity index (χ2n) is 7.69. The summed E-state index contributed by atoms with van der Waals surface area (Å²) in [6, 6.07) is 14.1. The molecule has 3 heterocycles. The van der Waals surface area contributed by atoms with Gasteiger partial charge in [-0.25, -0.2) is 4.98 Å². The summed E-state index contributed by atoms with van der Waals surface area (Å²) >= 11 is 1.69. The average Bonchev–Trinajstić information content (AvgIpc) is 3.51. The first kappa shape index (κ1) is 22.0. The molecule has 0 bridgehead atoms. The fourth-order valence-electron chi connectivity index (χ4n) is 3.63. The van der Waals surface area contributed by atoms with E-state index >= 15 is 0 Å². The summed E-state index contributed by atoms with van der Waals surface area (Å²) in [6.07, 6.45) is 7.09. The number of unbranched alkanes of at least 4 members (excludes halogenated alkanes) is 3. The molecule has 0 saturated carbocycles. The first-order valence-corrected chi connectivity index (χ1v) is 12.0. The third kappa shape index (κ3) is 4.99. The molecule has 1 aromatic carbocycles. The second-order valence-corrected chi connectivity index (χ2v) is 8.86. The number of H-pyrrole nitrogens is 2. The van der Waals surface area contributed by atoms with E-state index in [4.69, 9.17) is 4.74 Å². The van der Waals surface area contributed by atoms with Crippen LogP contribution in [0.1, 0.15) is 44.4 Å². The van der Waals surface area contributed by atoms with E-state index in [2.05, 4.69) is 46.1 Å².